The third-order valence-electron chi connectivity index (χ3n) is 6.73. The van der Waals surface area contributed by atoms with Crippen LogP contribution in [0.5, 0.6) is 5.75 Å². The molecule has 33 heavy (non-hydrogen) atoms. The van der Waals surface area contributed by atoms with E-state index in [0.717, 1.165) is 29.7 Å². The number of methoxy groups -OCH3 is 1. The zero-order chi connectivity index (χ0) is 23.8. The van der Waals surface area contributed by atoms with Crippen LogP contribution >= 0.6 is 0 Å². The van der Waals surface area contributed by atoms with Crippen LogP contribution in [0, 0.1) is 12.8 Å². The molecule has 2 aromatic carbocycles. The first-order valence-electron chi connectivity index (χ1n) is 11.3. The maximum Gasteiger partial charge on any atom is 0.243 e. The largest absolute Gasteiger partial charge is 0.495 e. The molecule has 0 aliphatic carbocycles. The lowest BCUT2D eigenvalue weighted by Gasteiger charge is -2.37. The third-order valence-corrected chi connectivity index (χ3v) is 8.62. The van der Waals surface area contributed by atoms with Crippen LogP contribution in [0.3, 0.4) is 0 Å². The molecule has 2 heterocycles. The molecule has 2 aromatic rings. The Morgan fingerprint density at radius 3 is 2.45 bits per heavy atom. The lowest BCUT2D eigenvalue weighted by Crippen LogP contribution is -2.46. The SMILES string of the molecule is COc1ccc(C)c2c1N(C(=O)C1CCN(S(=O)(=O)c3cccc(C(C)=O)c3)CC1)CCC2. The fourth-order valence-corrected chi connectivity index (χ4v) is 6.34. The Hall–Kier alpha value is -2.71. The molecule has 1 saturated heterocycles. The van der Waals surface area contributed by atoms with Crippen molar-refractivity contribution in [2.45, 2.75) is 44.4 Å². The van der Waals surface area contributed by atoms with Gasteiger partial charge in [0.05, 0.1) is 17.7 Å². The number of benzene rings is 2. The highest BCUT2D eigenvalue weighted by atomic mass is 32.2. The number of piperidine rings is 1. The van der Waals surface area contributed by atoms with Gasteiger partial charge >= 0.3 is 0 Å². The molecule has 0 atom stereocenters. The molecule has 0 radical (unpaired) electrons. The van der Waals surface area contributed by atoms with Gasteiger partial charge in [0.2, 0.25) is 15.9 Å². The zero-order valence-corrected chi connectivity index (χ0v) is 20.2. The molecule has 8 heteroatoms. The van der Waals surface area contributed by atoms with E-state index in [2.05, 4.69) is 6.92 Å². The normalized spacial score (nSPS) is 17.5. The Labute approximate surface area is 195 Å². The number of anilines is 1. The van der Waals surface area contributed by atoms with Crippen molar-refractivity contribution in [1.82, 2.24) is 4.31 Å². The first kappa shape index (κ1) is 23.4. The van der Waals surface area contributed by atoms with Crippen LogP contribution in [0.2, 0.25) is 0 Å². The topological polar surface area (TPSA) is 84.0 Å². The minimum atomic E-state index is -3.72. The zero-order valence-electron chi connectivity index (χ0n) is 19.3. The number of rotatable bonds is 5. The van der Waals surface area contributed by atoms with Crippen LogP contribution in [0.4, 0.5) is 5.69 Å². The first-order valence-corrected chi connectivity index (χ1v) is 12.8. The van der Waals surface area contributed by atoms with Crippen molar-refractivity contribution in [1.29, 1.82) is 0 Å². The number of nitrogens with zero attached hydrogens (tertiary/aromatic N) is 2. The average Bonchev–Trinajstić information content (AvgIpc) is 2.84. The van der Waals surface area contributed by atoms with E-state index < -0.39 is 10.0 Å². The summed E-state index contributed by atoms with van der Waals surface area (Å²) in [5, 5.41) is 0. The lowest BCUT2D eigenvalue weighted by atomic mass is 9.92. The Bertz CT molecular complexity index is 1180. The Kier molecular flexibility index (Phi) is 6.59. The summed E-state index contributed by atoms with van der Waals surface area (Å²) in [5.41, 5.74) is 3.54. The highest BCUT2D eigenvalue weighted by Gasteiger charge is 2.36. The Morgan fingerprint density at radius 1 is 1.06 bits per heavy atom. The molecule has 0 saturated carbocycles. The molecule has 2 aliphatic rings. The van der Waals surface area contributed by atoms with Crippen molar-refractivity contribution in [3.8, 4) is 5.75 Å². The van der Waals surface area contributed by atoms with Gasteiger partial charge in [-0.15, -0.1) is 0 Å². The average molecular weight is 471 g/mol. The number of Topliss-reactive ketones (excluding diaryl/α,β-unsaturated/α-hetero) is 1. The van der Waals surface area contributed by atoms with Crippen molar-refractivity contribution in [3.63, 3.8) is 0 Å². The van der Waals surface area contributed by atoms with E-state index >= 15 is 0 Å². The standard InChI is InChI=1S/C25H30N2O5S/c1-17-9-10-23(32-3)24-22(17)8-5-13-27(24)25(29)19-11-14-26(15-12-19)33(30,31)21-7-4-6-20(16-21)18(2)28/h4,6-7,9-10,16,19H,5,8,11-15H2,1-3H3. The molecule has 7 nitrogen and oxygen atoms in total. The summed E-state index contributed by atoms with van der Waals surface area (Å²) in [7, 11) is -2.10. The number of carbonyl (C=O) groups excluding carboxylic acids is 2. The van der Waals surface area contributed by atoms with Crippen molar-refractivity contribution < 1.29 is 22.7 Å². The number of hydrogen-bond acceptors (Lipinski definition) is 5. The second-order valence-corrected chi connectivity index (χ2v) is 10.7. The summed E-state index contributed by atoms with van der Waals surface area (Å²) in [6, 6.07) is 10.1. The maximum absolute atomic E-state index is 13.5. The lowest BCUT2D eigenvalue weighted by molar-refractivity contribution is -0.123. The van der Waals surface area contributed by atoms with Crippen LogP contribution in [0.1, 0.15) is 47.7 Å². The molecule has 0 N–H and O–H groups in total. The van der Waals surface area contributed by atoms with E-state index in [1.54, 1.807) is 19.2 Å². The number of amides is 1. The predicted molar refractivity (Wildman–Crippen MR) is 126 cm³/mol. The summed E-state index contributed by atoms with van der Waals surface area (Å²) in [4.78, 5) is 27.1. The minimum absolute atomic E-state index is 0.0375. The van der Waals surface area contributed by atoms with E-state index in [9.17, 15) is 18.0 Å². The smallest absolute Gasteiger partial charge is 0.243 e. The fraction of sp³-hybridized carbons (Fsp3) is 0.440. The maximum atomic E-state index is 13.5. The van der Waals surface area contributed by atoms with Crippen LogP contribution in [-0.4, -0.2) is 51.2 Å². The Morgan fingerprint density at radius 2 is 1.79 bits per heavy atom. The van der Waals surface area contributed by atoms with Crippen molar-refractivity contribution in [3.05, 3.63) is 53.1 Å². The first-order chi connectivity index (χ1) is 15.7. The highest BCUT2D eigenvalue weighted by molar-refractivity contribution is 7.89. The predicted octanol–water partition coefficient (Wildman–Crippen LogP) is 3.59. The van der Waals surface area contributed by atoms with Gasteiger partial charge in [0, 0.05) is 31.1 Å². The Balaban J connectivity index is 1.50. The number of aryl methyl sites for hydroxylation is 1. The summed E-state index contributed by atoms with van der Waals surface area (Å²) >= 11 is 0. The van der Waals surface area contributed by atoms with E-state index in [-0.39, 0.29) is 35.6 Å². The van der Waals surface area contributed by atoms with Gasteiger partial charge in [-0.25, -0.2) is 8.42 Å². The molecular formula is C25H30N2O5S. The number of ketones is 1. The van der Waals surface area contributed by atoms with Gasteiger partial charge in [0.15, 0.2) is 5.78 Å². The molecular weight excluding hydrogens is 440 g/mol. The summed E-state index contributed by atoms with van der Waals surface area (Å²) in [5.74, 6) is 0.324. The molecule has 1 fully saturated rings. The number of ether oxygens (including phenoxy) is 1. The molecule has 0 spiro atoms. The molecule has 0 aromatic heterocycles. The molecule has 1 amide bonds. The third kappa shape index (κ3) is 4.42. The summed E-state index contributed by atoms with van der Waals surface area (Å²) in [6.07, 6.45) is 2.74. The summed E-state index contributed by atoms with van der Waals surface area (Å²) in [6.45, 7) is 4.65. The van der Waals surface area contributed by atoms with Gasteiger partial charge < -0.3 is 9.64 Å². The van der Waals surface area contributed by atoms with Crippen molar-refractivity contribution in [2.75, 3.05) is 31.6 Å². The number of fused-ring (bicyclic) bond motifs is 1. The highest BCUT2D eigenvalue weighted by Crippen LogP contribution is 2.39. The van der Waals surface area contributed by atoms with Crippen molar-refractivity contribution >= 4 is 27.4 Å². The van der Waals surface area contributed by atoms with Crippen LogP contribution < -0.4 is 9.64 Å². The fourth-order valence-electron chi connectivity index (χ4n) is 4.83. The van der Waals surface area contributed by atoms with E-state index in [1.807, 2.05) is 17.0 Å². The van der Waals surface area contributed by atoms with E-state index in [4.69, 9.17) is 4.74 Å². The number of carbonyl (C=O) groups is 2. The van der Waals surface area contributed by atoms with Crippen molar-refractivity contribution in [2.24, 2.45) is 5.92 Å². The van der Waals surface area contributed by atoms with Gasteiger partial charge in [-0.3, -0.25) is 9.59 Å². The van der Waals surface area contributed by atoms with Gasteiger partial charge in [-0.2, -0.15) is 4.31 Å². The second kappa shape index (κ2) is 9.27. The molecule has 4 rings (SSSR count). The van der Waals surface area contributed by atoms with Gasteiger partial charge in [-0.1, -0.05) is 18.2 Å². The molecule has 2 aliphatic heterocycles. The van der Waals surface area contributed by atoms with E-state index in [0.29, 0.717) is 30.7 Å². The van der Waals surface area contributed by atoms with Crippen LogP contribution in [0.15, 0.2) is 41.3 Å². The van der Waals surface area contributed by atoms with Gasteiger partial charge in [0.1, 0.15) is 5.75 Å². The monoisotopic (exact) mass is 470 g/mol. The number of hydrogen-bond donors (Lipinski definition) is 0. The van der Waals surface area contributed by atoms with Crippen LogP contribution in [0.25, 0.3) is 0 Å². The van der Waals surface area contributed by atoms with Gasteiger partial charge in [0.25, 0.3) is 0 Å². The quantitative estimate of drug-likeness (QED) is 0.624. The number of sulfonamides is 1. The van der Waals surface area contributed by atoms with Crippen LogP contribution in [-0.2, 0) is 21.2 Å². The van der Waals surface area contributed by atoms with Gasteiger partial charge in [-0.05, 0) is 68.9 Å². The second-order valence-electron chi connectivity index (χ2n) is 8.77. The minimum Gasteiger partial charge on any atom is -0.495 e. The molecule has 176 valence electrons. The van der Waals surface area contributed by atoms with E-state index in [1.165, 1.54) is 23.4 Å². The summed E-state index contributed by atoms with van der Waals surface area (Å²) < 4.78 is 33.2. The molecule has 0 unspecified atom stereocenters. The molecule has 0 bridgehead atoms.